The second-order valence-electron chi connectivity index (χ2n) is 6.08. The van der Waals surface area contributed by atoms with E-state index in [1.807, 2.05) is 24.3 Å². The number of fused-ring (bicyclic) bond motifs is 1. The first kappa shape index (κ1) is 18.7. The zero-order chi connectivity index (χ0) is 19.3. The summed E-state index contributed by atoms with van der Waals surface area (Å²) in [6, 6.07) is 16.6. The van der Waals surface area contributed by atoms with Crippen molar-refractivity contribution in [3.05, 3.63) is 71.0 Å². The Kier molecular flexibility index (Phi) is 5.70. The molecule has 0 unspecified atom stereocenters. The van der Waals surface area contributed by atoms with Gasteiger partial charge in [0.1, 0.15) is 16.6 Å². The van der Waals surface area contributed by atoms with Crippen LogP contribution in [0, 0.1) is 11.3 Å². The number of esters is 1. The monoisotopic (exact) mass is 408 g/mol. The molecule has 0 aliphatic carbocycles. The van der Waals surface area contributed by atoms with Crippen LogP contribution in [0.2, 0.25) is 0 Å². The van der Waals surface area contributed by atoms with Gasteiger partial charge >= 0.3 is 5.97 Å². The van der Waals surface area contributed by atoms with Crippen molar-refractivity contribution in [3.8, 4) is 6.07 Å². The second-order valence-corrected chi connectivity index (χ2v) is 8.38. The average Bonchev–Trinajstić information content (AvgIpc) is 3.38. The number of rotatable bonds is 5. The lowest BCUT2D eigenvalue weighted by Crippen LogP contribution is -2.06. The highest BCUT2D eigenvalue weighted by Crippen LogP contribution is 2.33. The van der Waals surface area contributed by atoms with Crippen LogP contribution in [0.5, 0.6) is 0 Å². The minimum Gasteiger partial charge on any atom is -0.455 e. The molecule has 0 atom stereocenters. The maximum absolute atomic E-state index is 12.7. The Balaban J connectivity index is 1.53. The van der Waals surface area contributed by atoms with Gasteiger partial charge in [0.15, 0.2) is 0 Å². The van der Waals surface area contributed by atoms with Crippen molar-refractivity contribution in [2.75, 3.05) is 12.3 Å². The molecule has 0 saturated carbocycles. The van der Waals surface area contributed by atoms with Gasteiger partial charge in [-0.25, -0.2) is 4.79 Å². The molecule has 1 aliphatic rings. The fraction of sp³-hybridized carbons (Fsp3) is 0.190. The molecule has 0 amide bonds. The Morgan fingerprint density at radius 2 is 2.07 bits per heavy atom. The molecule has 2 aromatic carbocycles. The lowest BCUT2D eigenvalue weighted by Gasteiger charge is -2.05. The molecule has 0 saturated heterocycles. The number of carbonyl (C=O) groups is 1. The third-order valence-electron chi connectivity index (χ3n) is 4.23. The zero-order valence-corrected chi connectivity index (χ0v) is 16.5. The molecular weight excluding hydrogens is 392 g/mol. The number of hydrogen-bond donors (Lipinski definition) is 0. The second kappa shape index (κ2) is 8.55. The molecule has 0 N–H and O–H groups in total. The van der Waals surface area contributed by atoms with Gasteiger partial charge in [-0.3, -0.25) is 4.99 Å². The highest BCUT2D eigenvalue weighted by Gasteiger charge is 2.23. The van der Waals surface area contributed by atoms with Gasteiger partial charge in [-0.05, 0) is 23.8 Å². The van der Waals surface area contributed by atoms with E-state index in [0.717, 1.165) is 33.2 Å². The molecule has 0 radical (unpaired) electrons. The van der Waals surface area contributed by atoms with Crippen molar-refractivity contribution in [2.24, 2.45) is 4.99 Å². The maximum atomic E-state index is 12.7. The van der Waals surface area contributed by atoms with Crippen molar-refractivity contribution < 1.29 is 13.9 Å². The van der Waals surface area contributed by atoms with Gasteiger partial charge < -0.3 is 9.15 Å². The summed E-state index contributed by atoms with van der Waals surface area (Å²) < 4.78 is 12.3. The van der Waals surface area contributed by atoms with Gasteiger partial charge in [0, 0.05) is 22.5 Å². The molecule has 28 heavy (non-hydrogen) atoms. The molecular formula is C21H16N2O3S2. The first-order valence-corrected chi connectivity index (χ1v) is 10.7. The number of ether oxygens (including phenoxy) is 1. The summed E-state index contributed by atoms with van der Waals surface area (Å²) in [4.78, 5) is 17.2. The quantitative estimate of drug-likeness (QED) is 0.553. The van der Waals surface area contributed by atoms with Gasteiger partial charge in [0.25, 0.3) is 0 Å². The molecule has 3 aromatic rings. The molecule has 0 bridgehead atoms. The number of benzene rings is 2. The average molecular weight is 409 g/mol. The Morgan fingerprint density at radius 3 is 2.82 bits per heavy atom. The summed E-state index contributed by atoms with van der Waals surface area (Å²) in [5.74, 6) is 1.36. The Labute approximate surface area is 170 Å². The Bertz CT molecular complexity index is 1080. The first-order chi connectivity index (χ1) is 13.7. The predicted molar refractivity (Wildman–Crippen MR) is 113 cm³/mol. The first-order valence-electron chi connectivity index (χ1n) is 8.71. The maximum Gasteiger partial charge on any atom is 0.374 e. The summed E-state index contributed by atoms with van der Waals surface area (Å²) in [5.41, 5.74) is 2.89. The van der Waals surface area contributed by atoms with Crippen LogP contribution in [0.4, 0.5) is 0 Å². The molecule has 0 fully saturated rings. The van der Waals surface area contributed by atoms with E-state index < -0.39 is 5.97 Å². The zero-order valence-electron chi connectivity index (χ0n) is 14.9. The summed E-state index contributed by atoms with van der Waals surface area (Å²) in [5, 5.41) is 9.78. The van der Waals surface area contributed by atoms with E-state index in [2.05, 4.69) is 11.1 Å². The minimum absolute atomic E-state index is 0.122. The minimum atomic E-state index is -0.489. The molecule has 1 aliphatic heterocycles. The van der Waals surface area contributed by atoms with E-state index in [9.17, 15) is 4.79 Å². The van der Waals surface area contributed by atoms with Gasteiger partial charge in [-0.2, -0.15) is 5.26 Å². The van der Waals surface area contributed by atoms with Crippen LogP contribution < -0.4 is 0 Å². The van der Waals surface area contributed by atoms with E-state index in [4.69, 9.17) is 14.4 Å². The fourth-order valence-corrected chi connectivity index (χ4v) is 4.87. The number of thioether (sulfide) groups is 2. The van der Waals surface area contributed by atoms with Crippen molar-refractivity contribution >= 4 is 44.8 Å². The smallest absolute Gasteiger partial charge is 0.374 e. The van der Waals surface area contributed by atoms with Crippen LogP contribution in [0.15, 0.2) is 57.9 Å². The van der Waals surface area contributed by atoms with E-state index in [-0.39, 0.29) is 12.4 Å². The third kappa shape index (κ3) is 4.08. The van der Waals surface area contributed by atoms with E-state index >= 15 is 0 Å². The number of aliphatic imine (C=N–C) groups is 1. The van der Waals surface area contributed by atoms with Crippen LogP contribution in [-0.4, -0.2) is 22.6 Å². The van der Waals surface area contributed by atoms with Crippen molar-refractivity contribution in [1.82, 2.24) is 0 Å². The van der Waals surface area contributed by atoms with Crippen molar-refractivity contribution in [3.63, 3.8) is 0 Å². The van der Waals surface area contributed by atoms with Crippen LogP contribution >= 0.6 is 23.5 Å². The van der Waals surface area contributed by atoms with E-state index in [1.165, 1.54) is 0 Å². The number of nitriles is 1. The predicted octanol–water partition coefficient (Wildman–Crippen LogP) is 5.00. The van der Waals surface area contributed by atoms with Gasteiger partial charge in [-0.15, -0.1) is 0 Å². The third-order valence-corrected chi connectivity index (χ3v) is 6.51. The van der Waals surface area contributed by atoms with Crippen LogP contribution in [0.1, 0.15) is 27.2 Å². The number of nitrogens with zero attached hydrogens (tertiary/aromatic N) is 2. The van der Waals surface area contributed by atoms with Crippen LogP contribution in [0.3, 0.4) is 0 Å². The number of para-hydroxylation sites is 1. The molecule has 140 valence electrons. The molecule has 1 aromatic heterocycles. The lowest BCUT2D eigenvalue weighted by atomic mass is 10.1. The number of furan rings is 1. The molecule has 5 nitrogen and oxygen atoms in total. The summed E-state index contributed by atoms with van der Waals surface area (Å²) in [6.45, 7) is 0.968. The molecule has 4 rings (SSSR count). The molecule has 7 heteroatoms. The summed E-state index contributed by atoms with van der Waals surface area (Å²) in [6.07, 6.45) is 0. The Hall–Kier alpha value is -2.69. The highest BCUT2D eigenvalue weighted by atomic mass is 32.2. The SMILES string of the molecule is N#Cc1ccc(COC(=O)c2oc3ccccc3c2CSC2=NCCS2)cc1. The molecule has 2 heterocycles. The van der Waals surface area contributed by atoms with Gasteiger partial charge in [0.05, 0.1) is 18.2 Å². The van der Waals surface area contributed by atoms with Crippen molar-refractivity contribution in [2.45, 2.75) is 12.4 Å². The summed E-state index contributed by atoms with van der Waals surface area (Å²) >= 11 is 3.36. The highest BCUT2D eigenvalue weighted by molar-refractivity contribution is 8.38. The fourth-order valence-electron chi connectivity index (χ4n) is 2.83. The number of carbonyl (C=O) groups excluding carboxylic acids is 1. The van der Waals surface area contributed by atoms with Gasteiger partial charge in [0.2, 0.25) is 5.76 Å². The largest absolute Gasteiger partial charge is 0.455 e. The normalized spacial score (nSPS) is 13.3. The van der Waals surface area contributed by atoms with Crippen LogP contribution in [0.25, 0.3) is 11.0 Å². The van der Waals surface area contributed by atoms with E-state index in [1.54, 1.807) is 47.8 Å². The standard InChI is InChI=1S/C21H16N2O3S2/c22-11-14-5-7-15(8-6-14)12-25-20(24)19-17(13-28-21-23-9-10-27-21)16-3-1-2-4-18(16)26-19/h1-8H,9-10,12-13H2. The topological polar surface area (TPSA) is 75.6 Å². The number of hydrogen-bond acceptors (Lipinski definition) is 7. The molecule has 0 spiro atoms. The Morgan fingerprint density at radius 1 is 1.25 bits per heavy atom. The lowest BCUT2D eigenvalue weighted by molar-refractivity contribution is 0.0437. The van der Waals surface area contributed by atoms with Crippen LogP contribution in [-0.2, 0) is 17.1 Å². The van der Waals surface area contributed by atoms with Crippen molar-refractivity contribution in [1.29, 1.82) is 5.26 Å². The summed E-state index contributed by atoms with van der Waals surface area (Å²) in [7, 11) is 0. The van der Waals surface area contributed by atoms with E-state index in [0.29, 0.717) is 16.9 Å². The van der Waals surface area contributed by atoms with Gasteiger partial charge in [-0.1, -0.05) is 53.9 Å².